The molecule has 0 spiro atoms. The number of anilines is 1. The Balaban J connectivity index is 2.24. The molecule has 2 aromatic heterocycles. The van der Waals surface area contributed by atoms with Crippen LogP contribution >= 0.6 is 0 Å². The van der Waals surface area contributed by atoms with Crippen LogP contribution < -0.4 is 5.32 Å². The average molecular weight is 301 g/mol. The van der Waals surface area contributed by atoms with Crippen molar-refractivity contribution >= 4 is 17.4 Å². The second kappa shape index (κ2) is 5.19. The first kappa shape index (κ1) is 14.4. The summed E-state index contributed by atoms with van der Waals surface area (Å²) in [4.78, 5) is 25.1. The lowest BCUT2D eigenvalue weighted by Crippen LogP contribution is -2.16. The molecule has 1 amide bonds. The molecule has 0 saturated carbocycles. The van der Waals surface area contributed by atoms with Gasteiger partial charge in [0, 0.05) is 6.20 Å². The predicted octanol–water partition coefficient (Wildman–Crippen LogP) is 1.98. The number of aromatic amines is 1. The molecule has 0 aliphatic heterocycles. The summed E-state index contributed by atoms with van der Waals surface area (Å²) in [5.74, 6) is -1.41. The highest BCUT2D eigenvalue weighted by molar-refractivity contribution is 6.05. The van der Waals surface area contributed by atoms with Crippen molar-refractivity contribution in [1.29, 1.82) is 0 Å². The molecular formula is C10H6F3N5O3. The molecule has 0 saturated heterocycles. The third kappa shape index (κ3) is 3.13. The van der Waals surface area contributed by atoms with E-state index in [2.05, 4.69) is 15.2 Å². The van der Waals surface area contributed by atoms with E-state index < -0.39 is 39.8 Å². The zero-order valence-electron chi connectivity index (χ0n) is 10.0. The number of nitrogens with zero attached hydrogens (tertiary/aromatic N) is 3. The van der Waals surface area contributed by atoms with E-state index in [4.69, 9.17) is 0 Å². The fraction of sp³-hybridized carbons (Fsp3) is 0.100. The van der Waals surface area contributed by atoms with E-state index in [0.29, 0.717) is 6.07 Å². The average Bonchev–Trinajstić information content (AvgIpc) is 2.87. The van der Waals surface area contributed by atoms with Gasteiger partial charge in [0.1, 0.15) is 12.0 Å². The third-order valence-corrected chi connectivity index (χ3v) is 2.37. The molecule has 8 nitrogen and oxygen atoms in total. The SMILES string of the molecule is O=C(Nc1cc(C(F)(F)F)ccn1)c1[nH]ncc1[N+](=O)[O-]. The van der Waals surface area contributed by atoms with E-state index in [1.807, 2.05) is 5.32 Å². The number of carbonyl (C=O) groups excluding carboxylic acids is 1. The zero-order valence-corrected chi connectivity index (χ0v) is 10.0. The molecule has 0 radical (unpaired) electrons. The van der Waals surface area contributed by atoms with E-state index in [9.17, 15) is 28.1 Å². The molecule has 11 heteroatoms. The number of carbonyl (C=O) groups is 1. The second-order valence-electron chi connectivity index (χ2n) is 3.77. The van der Waals surface area contributed by atoms with Crippen molar-refractivity contribution in [1.82, 2.24) is 15.2 Å². The van der Waals surface area contributed by atoms with Gasteiger partial charge in [0.05, 0.1) is 10.5 Å². The Kier molecular flexibility index (Phi) is 3.56. The number of aromatic nitrogens is 3. The van der Waals surface area contributed by atoms with Crippen molar-refractivity contribution in [2.45, 2.75) is 6.18 Å². The van der Waals surface area contributed by atoms with E-state index in [0.717, 1.165) is 18.5 Å². The van der Waals surface area contributed by atoms with Crippen molar-refractivity contribution in [3.63, 3.8) is 0 Å². The first-order valence-corrected chi connectivity index (χ1v) is 5.31. The minimum Gasteiger partial charge on any atom is -0.305 e. The summed E-state index contributed by atoms with van der Waals surface area (Å²) < 4.78 is 37.5. The van der Waals surface area contributed by atoms with Gasteiger partial charge in [-0.05, 0) is 12.1 Å². The lowest BCUT2D eigenvalue weighted by atomic mass is 10.2. The molecule has 0 bridgehead atoms. The molecule has 0 unspecified atom stereocenters. The quantitative estimate of drug-likeness (QED) is 0.664. The van der Waals surface area contributed by atoms with Crippen LogP contribution in [0.5, 0.6) is 0 Å². The number of hydrogen-bond acceptors (Lipinski definition) is 5. The highest BCUT2D eigenvalue weighted by atomic mass is 19.4. The van der Waals surface area contributed by atoms with Crippen LogP contribution in [0.2, 0.25) is 0 Å². The maximum atomic E-state index is 12.5. The lowest BCUT2D eigenvalue weighted by Gasteiger charge is -2.08. The van der Waals surface area contributed by atoms with Gasteiger partial charge in [0.25, 0.3) is 5.91 Å². The Morgan fingerprint density at radius 1 is 1.43 bits per heavy atom. The molecule has 2 N–H and O–H groups in total. The van der Waals surface area contributed by atoms with Crippen LogP contribution in [0.25, 0.3) is 0 Å². The Bertz CT molecular complexity index is 697. The molecule has 0 atom stereocenters. The third-order valence-electron chi connectivity index (χ3n) is 2.37. The maximum absolute atomic E-state index is 12.5. The number of nitro groups is 1. The number of rotatable bonds is 3. The normalized spacial score (nSPS) is 11.2. The number of hydrogen-bond donors (Lipinski definition) is 2. The Hall–Kier alpha value is -2.98. The molecule has 0 fully saturated rings. The number of pyridine rings is 1. The standard InChI is InChI=1S/C10H6F3N5O3/c11-10(12,13)5-1-2-14-7(3-5)16-9(19)8-6(18(20)21)4-15-17-8/h1-4H,(H,15,17)(H,14,16,19). The lowest BCUT2D eigenvalue weighted by molar-refractivity contribution is -0.385. The van der Waals surface area contributed by atoms with Crippen LogP contribution in [0.1, 0.15) is 16.1 Å². The Morgan fingerprint density at radius 3 is 2.76 bits per heavy atom. The largest absolute Gasteiger partial charge is 0.416 e. The van der Waals surface area contributed by atoms with Crippen molar-refractivity contribution in [2.75, 3.05) is 5.32 Å². The van der Waals surface area contributed by atoms with Crippen LogP contribution in [-0.4, -0.2) is 26.0 Å². The second-order valence-corrected chi connectivity index (χ2v) is 3.77. The number of halogens is 3. The van der Waals surface area contributed by atoms with Crippen LogP contribution in [0.4, 0.5) is 24.7 Å². The summed E-state index contributed by atoms with van der Waals surface area (Å²) in [5, 5.41) is 18.1. The van der Waals surface area contributed by atoms with Gasteiger partial charge in [-0.2, -0.15) is 18.3 Å². The maximum Gasteiger partial charge on any atom is 0.416 e. The Labute approximate surface area is 114 Å². The minimum atomic E-state index is -4.59. The number of nitrogens with one attached hydrogen (secondary N) is 2. The van der Waals surface area contributed by atoms with E-state index in [1.165, 1.54) is 0 Å². The summed E-state index contributed by atoms with van der Waals surface area (Å²) >= 11 is 0. The molecule has 0 aliphatic carbocycles. The first-order valence-electron chi connectivity index (χ1n) is 5.31. The number of amides is 1. The summed E-state index contributed by atoms with van der Waals surface area (Å²) in [6.07, 6.45) is -2.92. The van der Waals surface area contributed by atoms with Gasteiger partial charge in [-0.1, -0.05) is 0 Å². The number of H-pyrrole nitrogens is 1. The summed E-state index contributed by atoms with van der Waals surface area (Å²) in [6, 6.07) is 1.34. The minimum absolute atomic E-state index is 0.390. The van der Waals surface area contributed by atoms with Gasteiger partial charge in [-0.15, -0.1) is 0 Å². The van der Waals surface area contributed by atoms with Gasteiger partial charge in [0.2, 0.25) is 5.69 Å². The van der Waals surface area contributed by atoms with E-state index in [1.54, 1.807) is 0 Å². The molecule has 0 aliphatic rings. The summed E-state index contributed by atoms with van der Waals surface area (Å²) in [6.45, 7) is 0. The highest BCUT2D eigenvalue weighted by Crippen LogP contribution is 2.30. The summed E-state index contributed by atoms with van der Waals surface area (Å²) in [5.41, 5.74) is -2.09. The fourth-order valence-corrected chi connectivity index (χ4v) is 1.44. The van der Waals surface area contributed by atoms with Crippen molar-refractivity contribution < 1.29 is 22.9 Å². The number of alkyl halides is 3. The van der Waals surface area contributed by atoms with Crippen LogP contribution in [0, 0.1) is 10.1 Å². The first-order chi connectivity index (χ1) is 9.79. The topological polar surface area (TPSA) is 114 Å². The molecule has 2 heterocycles. The van der Waals surface area contributed by atoms with E-state index in [-0.39, 0.29) is 0 Å². The van der Waals surface area contributed by atoms with Crippen LogP contribution in [0.3, 0.4) is 0 Å². The van der Waals surface area contributed by atoms with Gasteiger partial charge in [-0.3, -0.25) is 20.0 Å². The molecule has 110 valence electrons. The van der Waals surface area contributed by atoms with Gasteiger partial charge in [-0.25, -0.2) is 4.98 Å². The van der Waals surface area contributed by atoms with Crippen molar-refractivity contribution in [3.05, 3.63) is 45.9 Å². The van der Waals surface area contributed by atoms with E-state index >= 15 is 0 Å². The molecule has 2 aromatic rings. The van der Waals surface area contributed by atoms with Gasteiger partial charge >= 0.3 is 11.9 Å². The molecule has 2 rings (SSSR count). The Morgan fingerprint density at radius 2 is 2.14 bits per heavy atom. The van der Waals surface area contributed by atoms with Gasteiger partial charge < -0.3 is 5.32 Å². The monoisotopic (exact) mass is 301 g/mol. The smallest absolute Gasteiger partial charge is 0.305 e. The van der Waals surface area contributed by atoms with Crippen LogP contribution in [-0.2, 0) is 6.18 Å². The fourth-order valence-electron chi connectivity index (χ4n) is 1.44. The summed E-state index contributed by atoms with van der Waals surface area (Å²) in [7, 11) is 0. The van der Waals surface area contributed by atoms with Crippen molar-refractivity contribution in [3.8, 4) is 0 Å². The van der Waals surface area contributed by atoms with Gasteiger partial charge in [0.15, 0.2) is 0 Å². The zero-order chi connectivity index (χ0) is 15.6. The predicted molar refractivity (Wildman–Crippen MR) is 62.4 cm³/mol. The van der Waals surface area contributed by atoms with Crippen LogP contribution in [0.15, 0.2) is 24.5 Å². The highest BCUT2D eigenvalue weighted by Gasteiger charge is 2.31. The molecule has 21 heavy (non-hydrogen) atoms. The molecule has 0 aromatic carbocycles. The van der Waals surface area contributed by atoms with Crippen molar-refractivity contribution in [2.24, 2.45) is 0 Å². The molecular weight excluding hydrogens is 295 g/mol.